The zero-order valence-corrected chi connectivity index (χ0v) is 11.7. The van der Waals surface area contributed by atoms with E-state index in [0.717, 1.165) is 11.1 Å². The number of rotatable bonds is 3. The Labute approximate surface area is 119 Å². The summed E-state index contributed by atoms with van der Waals surface area (Å²) >= 11 is 0. The highest BCUT2D eigenvalue weighted by Gasteiger charge is 2.06. The van der Waals surface area contributed by atoms with Crippen LogP contribution in [-0.4, -0.2) is 17.8 Å². The van der Waals surface area contributed by atoms with Crippen molar-refractivity contribution < 1.29 is 14.6 Å². The van der Waals surface area contributed by atoms with Gasteiger partial charge >= 0.3 is 0 Å². The molecule has 1 aromatic rings. The van der Waals surface area contributed by atoms with Gasteiger partial charge in [0, 0.05) is 12.5 Å². The summed E-state index contributed by atoms with van der Waals surface area (Å²) in [5.41, 5.74) is 2.02. The molecule has 0 bridgehead atoms. The van der Waals surface area contributed by atoms with Crippen molar-refractivity contribution in [2.24, 2.45) is 0 Å². The van der Waals surface area contributed by atoms with E-state index >= 15 is 0 Å². The third-order valence-corrected chi connectivity index (χ3v) is 3.12. The molecule has 0 fully saturated rings. The third-order valence-electron chi connectivity index (χ3n) is 3.12. The molecule has 0 aliphatic carbocycles. The van der Waals surface area contributed by atoms with Crippen LogP contribution in [0.25, 0.3) is 0 Å². The van der Waals surface area contributed by atoms with Crippen molar-refractivity contribution in [1.29, 1.82) is 0 Å². The Kier molecular flexibility index (Phi) is 5.44. The first-order valence-corrected chi connectivity index (χ1v) is 6.77. The second-order valence-electron chi connectivity index (χ2n) is 4.73. The van der Waals surface area contributed by atoms with Crippen molar-refractivity contribution in [2.45, 2.75) is 26.1 Å². The fourth-order valence-corrected chi connectivity index (χ4v) is 1.81. The lowest BCUT2D eigenvalue weighted by molar-refractivity contribution is 0.148. The lowest BCUT2D eigenvalue weighted by atomic mass is 10.1. The topological polar surface area (TPSA) is 38.7 Å². The fourth-order valence-electron chi connectivity index (χ4n) is 1.81. The summed E-state index contributed by atoms with van der Waals surface area (Å²) in [5, 5.41) is 9.85. The van der Waals surface area contributed by atoms with Gasteiger partial charge in [-0.25, -0.2) is 0 Å². The van der Waals surface area contributed by atoms with Crippen LogP contribution in [0, 0.1) is 0 Å². The minimum absolute atomic E-state index is 0.465. The summed E-state index contributed by atoms with van der Waals surface area (Å²) in [6, 6.07) is 9.99. The van der Waals surface area contributed by atoms with Crippen LogP contribution in [0.3, 0.4) is 0 Å². The maximum Gasteiger partial charge on any atom is 0.122 e. The minimum atomic E-state index is -0.465. The predicted molar refractivity (Wildman–Crippen MR) is 78.8 cm³/mol. The van der Waals surface area contributed by atoms with Crippen LogP contribution in [0.2, 0.25) is 0 Å². The summed E-state index contributed by atoms with van der Waals surface area (Å²) in [6.07, 6.45) is 7.28. The van der Waals surface area contributed by atoms with Crippen molar-refractivity contribution in [1.82, 2.24) is 0 Å². The molecule has 3 nitrogen and oxygen atoms in total. The maximum atomic E-state index is 9.85. The number of allylic oxidation sites excluding steroid dienone is 3. The number of ether oxygens (including phenoxy) is 2. The van der Waals surface area contributed by atoms with Crippen LogP contribution in [-0.2, 0) is 16.1 Å². The number of hydrogen-bond donors (Lipinski definition) is 1. The highest BCUT2D eigenvalue weighted by molar-refractivity contribution is 5.23. The molecule has 1 heterocycles. The molecule has 0 saturated heterocycles. The molecule has 1 aliphatic heterocycles. The first-order chi connectivity index (χ1) is 9.75. The van der Waals surface area contributed by atoms with Gasteiger partial charge in [-0.05, 0) is 24.1 Å². The standard InChI is InChI=1S/C17H20O3/c1-14-7-8-16(9-11-19-12-10-17(14)18)20-13-15-5-3-2-4-6-15/h2-9,11,17-18H,10,12-13H2,1H3/b11-9+,14-7+,16-8+. The molecule has 2 rings (SSSR count). The van der Waals surface area contributed by atoms with E-state index in [4.69, 9.17) is 9.47 Å². The molecular formula is C17H20O3. The minimum Gasteiger partial charge on any atom is -0.501 e. The molecule has 0 amide bonds. The number of benzene rings is 1. The Hall–Kier alpha value is -2.00. The summed E-state index contributed by atoms with van der Waals surface area (Å²) < 4.78 is 11.1. The molecule has 1 atom stereocenters. The second kappa shape index (κ2) is 7.56. The van der Waals surface area contributed by atoms with Gasteiger partial charge in [0.1, 0.15) is 12.4 Å². The van der Waals surface area contributed by atoms with Crippen LogP contribution in [0.4, 0.5) is 0 Å². The van der Waals surface area contributed by atoms with Gasteiger partial charge in [0.2, 0.25) is 0 Å². The van der Waals surface area contributed by atoms with E-state index in [2.05, 4.69) is 0 Å². The van der Waals surface area contributed by atoms with Gasteiger partial charge in [-0.15, -0.1) is 0 Å². The molecule has 20 heavy (non-hydrogen) atoms. The summed E-state index contributed by atoms with van der Waals surface area (Å²) in [7, 11) is 0. The normalized spacial score (nSPS) is 26.4. The van der Waals surface area contributed by atoms with E-state index in [-0.39, 0.29) is 0 Å². The number of hydrogen-bond acceptors (Lipinski definition) is 3. The summed E-state index contributed by atoms with van der Waals surface area (Å²) in [4.78, 5) is 0. The largest absolute Gasteiger partial charge is 0.501 e. The molecule has 1 aromatic carbocycles. The van der Waals surface area contributed by atoms with Crippen LogP contribution in [0.1, 0.15) is 18.9 Å². The quantitative estimate of drug-likeness (QED) is 0.917. The van der Waals surface area contributed by atoms with Crippen molar-refractivity contribution in [3.8, 4) is 0 Å². The molecule has 1 N–H and O–H groups in total. The van der Waals surface area contributed by atoms with Crippen LogP contribution in [0.5, 0.6) is 0 Å². The van der Waals surface area contributed by atoms with Gasteiger partial charge < -0.3 is 14.6 Å². The van der Waals surface area contributed by atoms with Gasteiger partial charge in [0.05, 0.1) is 19.0 Å². The second-order valence-corrected chi connectivity index (χ2v) is 4.73. The van der Waals surface area contributed by atoms with Crippen molar-refractivity contribution in [2.75, 3.05) is 6.61 Å². The zero-order valence-electron chi connectivity index (χ0n) is 11.7. The highest BCUT2D eigenvalue weighted by Crippen LogP contribution is 2.12. The van der Waals surface area contributed by atoms with Gasteiger partial charge in [0.25, 0.3) is 0 Å². The van der Waals surface area contributed by atoms with Crippen molar-refractivity contribution in [3.63, 3.8) is 0 Å². The third kappa shape index (κ3) is 4.59. The lowest BCUT2D eigenvalue weighted by Crippen LogP contribution is -2.11. The molecule has 0 spiro atoms. The summed E-state index contributed by atoms with van der Waals surface area (Å²) in [5.74, 6) is 0.710. The van der Waals surface area contributed by atoms with Crippen LogP contribution >= 0.6 is 0 Å². The van der Waals surface area contributed by atoms with Crippen LogP contribution < -0.4 is 0 Å². The Balaban J connectivity index is 2.04. The average molecular weight is 272 g/mol. The van der Waals surface area contributed by atoms with Crippen molar-refractivity contribution in [3.05, 3.63) is 71.7 Å². The molecule has 1 aliphatic rings. The highest BCUT2D eigenvalue weighted by atomic mass is 16.5. The number of aliphatic hydroxyl groups excluding tert-OH is 1. The van der Waals surface area contributed by atoms with Gasteiger partial charge in [-0.2, -0.15) is 0 Å². The Bertz CT molecular complexity index is 500. The van der Waals surface area contributed by atoms with E-state index in [1.807, 2.05) is 49.4 Å². The molecule has 0 radical (unpaired) electrons. The van der Waals surface area contributed by atoms with E-state index in [1.54, 1.807) is 12.3 Å². The maximum absolute atomic E-state index is 9.85. The van der Waals surface area contributed by atoms with E-state index < -0.39 is 6.10 Å². The SMILES string of the molecule is C\C1=C/C=C(OCc2ccccc2)\C=C\OCCC1O. The lowest BCUT2D eigenvalue weighted by Gasteiger charge is -2.13. The average Bonchev–Trinajstić information content (AvgIpc) is 2.49. The molecular weight excluding hydrogens is 252 g/mol. The fraction of sp³-hybridized carbons (Fsp3) is 0.294. The molecule has 0 aromatic heterocycles. The first kappa shape index (κ1) is 14.4. The molecule has 1 unspecified atom stereocenters. The van der Waals surface area contributed by atoms with E-state index in [9.17, 15) is 5.11 Å². The van der Waals surface area contributed by atoms with Gasteiger partial charge in [0.15, 0.2) is 0 Å². The van der Waals surface area contributed by atoms with Crippen molar-refractivity contribution >= 4 is 0 Å². The predicted octanol–water partition coefficient (Wildman–Crippen LogP) is 3.33. The Morgan fingerprint density at radius 2 is 2.05 bits per heavy atom. The molecule has 0 saturated carbocycles. The molecule has 3 heteroatoms. The number of aliphatic hydroxyl groups is 1. The van der Waals surface area contributed by atoms with Gasteiger partial charge in [-0.3, -0.25) is 0 Å². The zero-order chi connectivity index (χ0) is 14.2. The van der Waals surface area contributed by atoms with E-state index in [1.165, 1.54) is 0 Å². The van der Waals surface area contributed by atoms with E-state index in [0.29, 0.717) is 25.4 Å². The Morgan fingerprint density at radius 3 is 2.85 bits per heavy atom. The van der Waals surface area contributed by atoms with Crippen LogP contribution in [0.15, 0.2) is 66.2 Å². The smallest absolute Gasteiger partial charge is 0.122 e. The van der Waals surface area contributed by atoms with Gasteiger partial charge in [-0.1, -0.05) is 36.4 Å². The molecule has 106 valence electrons. The monoisotopic (exact) mass is 272 g/mol. The Morgan fingerprint density at radius 1 is 1.25 bits per heavy atom. The summed E-state index contributed by atoms with van der Waals surface area (Å²) in [6.45, 7) is 2.91. The first-order valence-electron chi connectivity index (χ1n) is 6.77.